The SMILES string of the molecule is COc1nc(-c2cccc(-c3cc(Cc4cc(-c5cccc(-c6cccc(-c7cc(C)c(CNC[C@@H]8CCC(=O)N8)c(OC)n7)c6Cl)c5Cl)nc(OC)c4CNC[C@@H]4CCC(=O)N4)cc(-c4cc(C)c(CN5CC(O)C5)c(Cl)n4)c3Cl)c2Cl)ccc1CN1CC(O)C1. The zero-order valence-electron chi connectivity index (χ0n) is 51.7. The third-order valence-electron chi connectivity index (χ3n) is 17.7. The number of carbonyl (C=O) groups excluding carboxylic acids is 2. The van der Waals surface area contributed by atoms with E-state index in [1.54, 1.807) is 21.3 Å². The van der Waals surface area contributed by atoms with Crippen LogP contribution in [-0.2, 0) is 42.2 Å². The van der Waals surface area contributed by atoms with E-state index in [2.05, 4.69) is 31.1 Å². The molecule has 4 aliphatic rings. The summed E-state index contributed by atoms with van der Waals surface area (Å²) in [5.41, 5.74) is 14.6. The fourth-order valence-electron chi connectivity index (χ4n) is 12.8. The Bertz CT molecular complexity index is 4120. The van der Waals surface area contributed by atoms with Gasteiger partial charge in [-0.3, -0.25) is 19.4 Å². The highest BCUT2D eigenvalue weighted by Crippen LogP contribution is 2.47. The number of nitrogens with zero attached hydrogens (tertiary/aromatic N) is 6. The number of carbonyl (C=O) groups is 2. The number of hydrogen-bond acceptors (Lipinski definition) is 15. The van der Waals surface area contributed by atoms with Crippen LogP contribution in [0.25, 0.3) is 67.3 Å². The van der Waals surface area contributed by atoms with Crippen molar-refractivity contribution in [3.8, 4) is 84.9 Å². The maximum absolute atomic E-state index is 12.3. The van der Waals surface area contributed by atoms with Crippen molar-refractivity contribution in [2.75, 3.05) is 60.6 Å². The van der Waals surface area contributed by atoms with E-state index in [0.717, 1.165) is 50.9 Å². The number of likely N-dealkylation sites (tertiary alicyclic amines) is 2. The van der Waals surface area contributed by atoms with Crippen LogP contribution < -0.4 is 35.5 Å². The summed E-state index contributed by atoms with van der Waals surface area (Å²) in [7, 11) is 4.79. The zero-order chi connectivity index (χ0) is 64.5. The molecule has 4 fully saturated rings. The van der Waals surface area contributed by atoms with Crippen molar-refractivity contribution in [2.45, 2.75) is 96.4 Å². The molecule has 92 heavy (non-hydrogen) atoms. The lowest BCUT2D eigenvalue weighted by atomic mass is 9.91. The largest absolute Gasteiger partial charge is 0.481 e. The molecule has 0 radical (unpaired) electrons. The Labute approximate surface area is 560 Å². The molecular formula is C70H71Cl5N10O7. The van der Waals surface area contributed by atoms with Crippen molar-refractivity contribution in [1.29, 1.82) is 0 Å². The number of nitrogens with one attached hydrogen (secondary N) is 4. The summed E-state index contributed by atoms with van der Waals surface area (Å²) in [6.07, 6.45) is 2.11. The number of halogens is 5. The Hall–Kier alpha value is -6.97. The predicted molar refractivity (Wildman–Crippen MR) is 362 cm³/mol. The molecule has 12 rings (SSSR count). The minimum atomic E-state index is -0.375. The topological polar surface area (TPSA) is 208 Å². The third-order valence-corrected chi connectivity index (χ3v) is 19.7. The second-order valence-corrected chi connectivity index (χ2v) is 26.0. The van der Waals surface area contributed by atoms with Gasteiger partial charge >= 0.3 is 0 Å². The summed E-state index contributed by atoms with van der Waals surface area (Å²) in [5, 5.41) is 35.2. The molecule has 0 spiro atoms. The molecule has 6 N–H and O–H groups in total. The molecule has 4 saturated heterocycles. The van der Waals surface area contributed by atoms with Crippen molar-refractivity contribution >= 4 is 69.8 Å². The lowest BCUT2D eigenvalue weighted by Gasteiger charge is -2.36. The Morgan fingerprint density at radius 1 is 0.500 bits per heavy atom. The van der Waals surface area contributed by atoms with Crippen LogP contribution in [0, 0.1) is 13.8 Å². The van der Waals surface area contributed by atoms with E-state index in [0.29, 0.717) is 201 Å². The first kappa shape index (κ1) is 65.1. The molecule has 0 saturated carbocycles. The molecule has 4 aromatic heterocycles. The van der Waals surface area contributed by atoms with Crippen LogP contribution in [-0.4, -0.2) is 137 Å². The molecule has 4 aliphatic heterocycles. The maximum atomic E-state index is 12.3. The van der Waals surface area contributed by atoms with Gasteiger partial charge in [0.1, 0.15) is 5.15 Å². The van der Waals surface area contributed by atoms with E-state index in [9.17, 15) is 19.8 Å². The van der Waals surface area contributed by atoms with E-state index in [4.69, 9.17) is 92.2 Å². The normalized spacial score (nSPS) is 17.0. The van der Waals surface area contributed by atoms with Crippen molar-refractivity contribution in [1.82, 2.24) is 51.0 Å². The summed E-state index contributed by atoms with van der Waals surface area (Å²) in [4.78, 5) is 48.5. The number of aromatic nitrogens is 4. The van der Waals surface area contributed by atoms with Crippen LogP contribution in [0.3, 0.4) is 0 Å². The molecule has 0 bridgehead atoms. The number of aliphatic hydroxyl groups excluding tert-OH is 2. The van der Waals surface area contributed by atoms with Gasteiger partial charge in [-0.05, 0) is 91.8 Å². The van der Waals surface area contributed by atoms with Crippen LogP contribution in [0.5, 0.6) is 17.6 Å². The standard InChI is InChI=1S/C70H71Cl5N10O7/c1-37-21-58(82-69(91-4)54(37)29-76-27-42-16-19-61(88)78-42)50-13-6-9-46(63(50)71)47-10-7-14-51(64(47)72)60-26-41(55(70(83-60)92-5)30-77-28-43-17-20-62(89)79-43)23-39-24-52(66(74)53(25-39)59-22-38(2)56(67(75)80-59)36-85-34-45(87)35-85)48-11-8-12-49(65(48)73)57-18-15-40(68(81-57)90-3)31-84-32-44(86)33-84/h6-15,18,21-22,24-26,42-45,76-77,86-87H,16-17,19-20,23,27-36H2,1-5H3,(H,78,88)(H,79,89)/t42-,43-/m0/s1. The summed E-state index contributed by atoms with van der Waals surface area (Å²) >= 11 is 37.5. The van der Waals surface area contributed by atoms with Crippen molar-refractivity contribution < 1.29 is 34.0 Å². The first-order chi connectivity index (χ1) is 44.4. The Balaban J connectivity index is 0.939. The molecule has 17 nitrogen and oxygen atoms in total. The highest BCUT2D eigenvalue weighted by Gasteiger charge is 2.30. The number of aryl methyl sites for hydroxylation is 2. The second kappa shape index (κ2) is 28.3. The molecule has 4 aromatic carbocycles. The number of β-amino-alcohol motifs (C(OH)–C–C–N with tert-alkyl or cyclic N) is 2. The van der Waals surface area contributed by atoms with Crippen molar-refractivity contribution in [3.63, 3.8) is 0 Å². The molecule has 8 aromatic rings. The average Bonchev–Trinajstić information content (AvgIpc) is 0.851. The van der Waals surface area contributed by atoms with Gasteiger partial charge in [-0.25, -0.2) is 19.9 Å². The minimum Gasteiger partial charge on any atom is -0.481 e. The third kappa shape index (κ3) is 14.0. The molecular weight excluding hydrogens is 1270 g/mol. The number of hydrogen-bond donors (Lipinski definition) is 6. The molecule has 22 heteroatoms. The van der Waals surface area contributed by atoms with Crippen molar-refractivity contribution in [2.24, 2.45) is 0 Å². The van der Waals surface area contributed by atoms with Gasteiger partial charge in [-0.2, -0.15) is 0 Å². The van der Waals surface area contributed by atoms with Crippen LogP contribution >= 0.6 is 58.0 Å². The fourth-order valence-corrected chi connectivity index (χ4v) is 14.3. The molecule has 2 atom stereocenters. The zero-order valence-corrected chi connectivity index (χ0v) is 55.4. The van der Waals surface area contributed by atoms with E-state index in [1.807, 2.05) is 111 Å². The fraction of sp³-hybridized carbons (Fsp3) is 0.343. The summed E-state index contributed by atoms with van der Waals surface area (Å²) in [5.74, 6) is 1.40. The first-order valence-corrected chi connectivity index (χ1v) is 32.6. The quantitative estimate of drug-likeness (QED) is 0.0329. The number of pyridine rings is 4. The Morgan fingerprint density at radius 3 is 1.47 bits per heavy atom. The van der Waals surface area contributed by atoms with E-state index in [-0.39, 0.29) is 36.1 Å². The molecule has 478 valence electrons. The van der Waals surface area contributed by atoms with Gasteiger partial charge in [0, 0.05) is 157 Å². The van der Waals surface area contributed by atoms with Crippen LogP contribution in [0.1, 0.15) is 70.2 Å². The van der Waals surface area contributed by atoms with Gasteiger partial charge < -0.3 is 45.7 Å². The lowest BCUT2D eigenvalue weighted by molar-refractivity contribution is -0.120. The number of aliphatic hydroxyl groups is 2. The van der Waals surface area contributed by atoms with Crippen LogP contribution in [0.4, 0.5) is 0 Å². The van der Waals surface area contributed by atoms with Gasteiger partial charge in [-0.1, -0.05) is 119 Å². The summed E-state index contributed by atoms with van der Waals surface area (Å²) in [6.45, 7) is 9.38. The lowest BCUT2D eigenvalue weighted by Crippen LogP contribution is -2.49. The Kier molecular flexibility index (Phi) is 20.0. The first-order valence-electron chi connectivity index (χ1n) is 30.8. The highest BCUT2D eigenvalue weighted by molar-refractivity contribution is 6.40. The minimum absolute atomic E-state index is 0.0252. The summed E-state index contributed by atoms with van der Waals surface area (Å²) in [6, 6.07) is 31.4. The van der Waals surface area contributed by atoms with E-state index in [1.165, 1.54) is 0 Å². The monoisotopic (exact) mass is 1340 g/mol. The summed E-state index contributed by atoms with van der Waals surface area (Å²) < 4.78 is 17.9. The molecule has 2 amide bonds. The number of methoxy groups -OCH3 is 3. The van der Waals surface area contributed by atoms with Crippen LogP contribution in [0.15, 0.2) is 97.1 Å². The number of amides is 2. The average molecular weight is 1340 g/mol. The Morgan fingerprint density at radius 2 is 0.946 bits per heavy atom. The van der Waals surface area contributed by atoms with Gasteiger partial charge in [-0.15, -0.1) is 0 Å². The molecule has 8 heterocycles. The van der Waals surface area contributed by atoms with Gasteiger partial charge in [0.15, 0.2) is 0 Å². The number of ether oxygens (including phenoxy) is 3. The maximum Gasteiger partial charge on any atom is 0.220 e. The number of rotatable bonds is 23. The van der Waals surface area contributed by atoms with Crippen LogP contribution in [0.2, 0.25) is 25.2 Å². The highest BCUT2D eigenvalue weighted by atomic mass is 35.5. The molecule has 0 aliphatic carbocycles. The van der Waals surface area contributed by atoms with E-state index >= 15 is 0 Å². The van der Waals surface area contributed by atoms with E-state index < -0.39 is 0 Å². The molecule has 0 unspecified atom stereocenters. The second-order valence-electron chi connectivity index (χ2n) is 24.2. The van der Waals surface area contributed by atoms with Crippen molar-refractivity contribution in [3.05, 3.63) is 167 Å². The van der Waals surface area contributed by atoms with Gasteiger partial charge in [0.05, 0.1) is 76.4 Å². The number of benzene rings is 4. The predicted octanol–water partition coefficient (Wildman–Crippen LogP) is 11.9. The van der Waals surface area contributed by atoms with Gasteiger partial charge in [0.25, 0.3) is 0 Å². The van der Waals surface area contributed by atoms with Gasteiger partial charge in [0.2, 0.25) is 29.5 Å². The smallest absolute Gasteiger partial charge is 0.220 e.